The van der Waals surface area contributed by atoms with E-state index in [0.29, 0.717) is 11.3 Å². The maximum absolute atomic E-state index is 14.1. The number of thiophene rings is 1. The zero-order chi connectivity index (χ0) is 22.9. The van der Waals surface area contributed by atoms with Gasteiger partial charge in [0.1, 0.15) is 24.1 Å². The lowest BCUT2D eigenvalue weighted by atomic mass is 9.79. The molecule has 0 spiro atoms. The Balaban J connectivity index is 1.53. The van der Waals surface area contributed by atoms with Gasteiger partial charge in [0.05, 0.1) is 27.2 Å². The highest BCUT2D eigenvalue weighted by Gasteiger charge is 2.41. The summed E-state index contributed by atoms with van der Waals surface area (Å²) >= 11 is 7.65. The molecule has 4 aromatic rings. The highest BCUT2D eigenvalue weighted by Crippen LogP contribution is 2.46. The Morgan fingerprint density at radius 2 is 2.09 bits per heavy atom. The van der Waals surface area contributed by atoms with Crippen molar-refractivity contribution in [2.45, 2.75) is 12.5 Å². The van der Waals surface area contributed by atoms with Gasteiger partial charge in [-0.1, -0.05) is 35.9 Å². The minimum Gasteiger partial charge on any atom is -0.489 e. The predicted octanol–water partition coefficient (Wildman–Crippen LogP) is 6.15. The van der Waals surface area contributed by atoms with Crippen LogP contribution in [0.4, 0.5) is 4.39 Å². The molecule has 5 rings (SSSR count). The molecule has 0 bridgehead atoms. The first-order valence-corrected chi connectivity index (χ1v) is 11.3. The van der Waals surface area contributed by atoms with E-state index in [2.05, 4.69) is 16.3 Å². The van der Waals surface area contributed by atoms with Crippen molar-refractivity contribution in [2.24, 2.45) is 5.92 Å². The molecule has 3 heterocycles. The Hall–Kier alpha value is -3.67. The van der Waals surface area contributed by atoms with Crippen molar-refractivity contribution in [1.29, 1.82) is 10.7 Å². The van der Waals surface area contributed by atoms with Crippen molar-refractivity contribution in [1.82, 2.24) is 10.2 Å². The van der Waals surface area contributed by atoms with Crippen LogP contribution in [0, 0.1) is 28.5 Å². The topological polar surface area (TPSA) is 94.8 Å². The fraction of sp³-hybridized carbons (Fsp3) is 0.125. The lowest BCUT2D eigenvalue weighted by Crippen LogP contribution is -2.30. The van der Waals surface area contributed by atoms with Crippen molar-refractivity contribution in [3.05, 3.63) is 87.5 Å². The summed E-state index contributed by atoms with van der Waals surface area (Å²) in [6.45, 7) is -0.0440. The van der Waals surface area contributed by atoms with Crippen LogP contribution in [-0.2, 0) is 6.61 Å². The van der Waals surface area contributed by atoms with E-state index in [4.69, 9.17) is 26.5 Å². The van der Waals surface area contributed by atoms with Crippen LogP contribution < -0.4 is 9.47 Å². The minimum absolute atomic E-state index is 0.0440. The molecule has 0 saturated heterocycles. The number of rotatable bonds is 5. The average Bonchev–Trinajstić information content (AvgIpc) is 3.48. The summed E-state index contributed by atoms with van der Waals surface area (Å²) in [7, 11) is 0. The van der Waals surface area contributed by atoms with Gasteiger partial charge in [-0.2, -0.15) is 5.26 Å². The van der Waals surface area contributed by atoms with E-state index in [-0.39, 0.29) is 29.0 Å². The molecular formula is C24H16ClFN4O2S. The number of halogens is 2. The second-order valence-electron chi connectivity index (χ2n) is 7.41. The monoisotopic (exact) mass is 478 g/mol. The van der Waals surface area contributed by atoms with E-state index in [1.165, 1.54) is 23.5 Å². The molecule has 0 amide bonds. The number of nitrogens with zero attached hydrogens (tertiary/aromatic N) is 2. The fourth-order valence-electron chi connectivity index (χ4n) is 3.91. The predicted molar refractivity (Wildman–Crippen MR) is 123 cm³/mol. The van der Waals surface area contributed by atoms with Crippen molar-refractivity contribution in [3.8, 4) is 28.3 Å². The van der Waals surface area contributed by atoms with E-state index in [1.807, 2.05) is 23.6 Å². The number of aromatic nitrogens is 2. The molecule has 1 aliphatic heterocycles. The second kappa shape index (κ2) is 8.70. The second-order valence-corrected chi connectivity index (χ2v) is 8.76. The first kappa shape index (κ1) is 21.2. The summed E-state index contributed by atoms with van der Waals surface area (Å²) in [5, 5.41) is 27.6. The molecule has 2 aromatic carbocycles. The van der Waals surface area contributed by atoms with Crippen LogP contribution in [0.1, 0.15) is 22.6 Å². The third-order valence-corrected chi connectivity index (χ3v) is 6.71. The van der Waals surface area contributed by atoms with Gasteiger partial charge in [0.2, 0.25) is 11.8 Å². The molecule has 0 aliphatic carbocycles. The maximum atomic E-state index is 14.1. The molecular weight excluding hydrogens is 463 g/mol. The first-order valence-electron chi connectivity index (χ1n) is 10.0. The van der Waals surface area contributed by atoms with Gasteiger partial charge in [0.25, 0.3) is 0 Å². The van der Waals surface area contributed by atoms with Crippen molar-refractivity contribution in [2.75, 3.05) is 0 Å². The van der Waals surface area contributed by atoms with Crippen molar-refractivity contribution < 1.29 is 13.9 Å². The Morgan fingerprint density at radius 1 is 1.24 bits per heavy atom. The van der Waals surface area contributed by atoms with Crippen molar-refractivity contribution in [3.63, 3.8) is 0 Å². The standard InChI is InChI=1S/C24H16ClFN4O2S/c25-17-6-2-7-18(26)16(17)12-31-14-5-1-4-13(10-14)20-15(11-27)23(28)32-24-21(20)22(29-30-24)19-8-3-9-33-19/h1-10,15,20,28H,12H2,(H,29,30). The van der Waals surface area contributed by atoms with Gasteiger partial charge in [-0.05, 0) is 41.3 Å². The Bertz CT molecular complexity index is 1360. The number of fused-ring (bicyclic) bond motifs is 1. The molecule has 1 aliphatic rings. The third-order valence-electron chi connectivity index (χ3n) is 5.47. The quantitative estimate of drug-likeness (QED) is 0.359. The number of hydrogen-bond donors (Lipinski definition) is 2. The van der Waals surface area contributed by atoms with E-state index < -0.39 is 17.7 Å². The number of nitrogens with one attached hydrogen (secondary N) is 2. The van der Waals surface area contributed by atoms with Gasteiger partial charge in [-0.15, -0.1) is 16.4 Å². The number of aromatic amines is 1. The van der Waals surface area contributed by atoms with E-state index in [1.54, 1.807) is 24.3 Å². The highest BCUT2D eigenvalue weighted by atomic mass is 35.5. The highest BCUT2D eigenvalue weighted by molar-refractivity contribution is 7.13. The maximum Gasteiger partial charge on any atom is 0.244 e. The number of hydrogen-bond acceptors (Lipinski definition) is 6. The van der Waals surface area contributed by atoms with Crippen LogP contribution in [0.3, 0.4) is 0 Å². The number of benzene rings is 2. The average molecular weight is 479 g/mol. The Kier molecular flexibility index (Phi) is 5.58. The largest absolute Gasteiger partial charge is 0.489 e. The normalized spacial score (nSPS) is 17.2. The van der Waals surface area contributed by atoms with E-state index in [9.17, 15) is 9.65 Å². The van der Waals surface area contributed by atoms with Crippen LogP contribution in [-0.4, -0.2) is 16.1 Å². The number of ether oxygens (including phenoxy) is 2. The van der Waals surface area contributed by atoms with E-state index >= 15 is 0 Å². The first-order chi connectivity index (χ1) is 16.1. The molecule has 2 aromatic heterocycles. The fourth-order valence-corrected chi connectivity index (χ4v) is 4.86. The zero-order valence-corrected chi connectivity index (χ0v) is 18.6. The minimum atomic E-state index is -0.843. The molecule has 33 heavy (non-hydrogen) atoms. The van der Waals surface area contributed by atoms with E-state index in [0.717, 1.165) is 16.1 Å². The van der Waals surface area contributed by atoms with Gasteiger partial charge in [0, 0.05) is 11.5 Å². The molecule has 6 nitrogen and oxygen atoms in total. The summed E-state index contributed by atoms with van der Waals surface area (Å²) in [4.78, 5) is 0.948. The van der Waals surface area contributed by atoms with Crippen LogP contribution in [0.2, 0.25) is 5.02 Å². The molecule has 0 radical (unpaired) electrons. The van der Waals surface area contributed by atoms with Gasteiger partial charge in [-0.25, -0.2) is 4.39 Å². The molecule has 9 heteroatoms. The number of H-pyrrole nitrogens is 1. The van der Waals surface area contributed by atoms with Crippen LogP contribution >= 0.6 is 22.9 Å². The van der Waals surface area contributed by atoms with Gasteiger partial charge in [-0.3, -0.25) is 10.5 Å². The lowest BCUT2D eigenvalue weighted by Gasteiger charge is -2.28. The third kappa shape index (κ3) is 3.86. The summed E-state index contributed by atoms with van der Waals surface area (Å²) in [6.07, 6.45) is 0. The Morgan fingerprint density at radius 3 is 2.85 bits per heavy atom. The van der Waals surface area contributed by atoms with Gasteiger partial charge < -0.3 is 9.47 Å². The van der Waals surface area contributed by atoms with Crippen LogP contribution in [0.25, 0.3) is 10.6 Å². The molecule has 2 unspecified atom stereocenters. The Labute approximate surface area is 197 Å². The SMILES string of the molecule is N#CC1C(=N)Oc2n[nH]c(-c3cccs3)c2C1c1cccc(OCc2c(F)cccc2Cl)c1. The summed E-state index contributed by atoms with van der Waals surface area (Å²) in [5.41, 5.74) is 2.49. The lowest BCUT2D eigenvalue weighted by molar-refractivity contribution is 0.299. The van der Waals surface area contributed by atoms with Crippen molar-refractivity contribution >= 4 is 28.8 Å². The van der Waals surface area contributed by atoms with Gasteiger partial charge >= 0.3 is 0 Å². The molecule has 164 valence electrons. The summed E-state index contributed by atoms with van der Waals surface area (Å²) in [6, 6.07) is 17.8. The van der Waals surface area contributed by atoms with Gasteiger partial charge in [0.15, 0.2) is 0 Å². The zero-order valence-electron chi connectivity index (χ0n) is 17.0. The summed E-state index contributed by atoms with van der Waals surface area (Å²) < 4.78 is 25.5. The number of nitriles is 1. The molecule has 0 fully saturated rings. The molecule has 2 atom stereocenters. The smallest absolute Gasteiger partial charge is 0.244 e. The summed E-state index contributed by atoms with van der Waals surface area (Å²) in [5.74, 6) is -1.17. The molecule has 2 N–H and O–H groups in total. The van der Waals surface area contributed by atoms with Crippen LogP contribution in [0.15, 0.2) is 60.0 Å². The molecule has 0 saturated carbocycles. The van der Waals surface area contributed by atoms with Crippen LogP contribution in [0.5, 0.6) is 11.6 Å².